The highest BCUT2D eigenvalue weighted by molar-refractivity contribution is 7.10. The summed E-state index contributed by atoms with van der Waals surface area (Å²) in [7, 11) is 1.60. The van der Waals surface area contributed by atoms with Crippen molar-refractivity contribution in [3.8, 4) is 0 Å². The Morgan fingerprint density at radius 3 is 2.74 bits per heavy atom. The Morgan fingerprint density at radius 2 is 2.16 bits per heavy atom. The van der Waals surface area contributed by atoms with Crippen LogP contribution >= 0.6 is 11.3 Å². The van der Waals surface area contributed by atoms with E-state index in [1.165, 1.54) is 10.4 Å². The van der Waals surface area contributed by atoms with Gasteiger partial charge >= 0.3 is 0 Å². The SMILES string of the molecule is CNC(=O)c1ccc(NCc2sccc2C)c(N)c1. The molecule has 0 atom stereocenters. The number of nitrogen functional groups attached to an aromatic ring is 1. The zero-order valence-corrected chi connectivity index (χ0v) is 11.8. The average molecular weight is 275 g/mol. The second kappa shape index (κ2) is 5.75. The Bertz CT molecular complexity index is 592. The van der Waals surface area contributed by atoms with Crippen molar-refractivity contribution in [2.24, 2.45) is 0 Å². The van der Waals surface area contributed by atoms with Gasteiger partial charge in [-0.3, -0.25) is 4.79 Å². The molecule has 1 aromatic carbocycles. The number of nitrogens with one attached hydrogen (secondary N) is 2. The second-order valence-corrected chi connectivity index (χ2v) is 5.26. The number of thiophene rings is 1. The molecule has 0 radical (unpaired) electrons. The second-order valence-electron chi connectivity index (χ2n) is 4.26. The molecule has 0 spiro atoms. The minimum Gasteiger partial charge on any atom is -0.397 e. The van der Waals surface area contributed by atoms with Gasteiger partial charge in [-0.05, 0) is 42.1 Å². The molecular weight excluding hydrogens is 258 g/mol. The van der Waals surface area contributed by atoms with Gasteiger partial charge < -0.3 is 16.4 Å². The zero-order valence-electron chi connectivity index (χ0n) is 11.0. The number of nitrogens with two attached hydrogens (primary N) is 1. The van der Waals surface area contributed by atoms with E-state index >= 15 is 0 Å². The minimum atomic E-state index is -0.132. The Morgan fingerprint density at radius 1 is 1.37 bits per heavy atom. The van der Waals surface area contributed by atoms with Crippen LogP contribution in [0.2, 0.25) is 0 Å². The number of anilines is 2. The third-order valence-corrected chi connectivity index (χ3v) is 3.97. The number of carbonyl (C=O) groups excluding carboxylic acids is 1. The van der Waals surface area contributed by atoms with E-state index in [2.05, 4.69) is 29.0 Å². The van der Waals surface area contributed by atoms with E-state index in [0.29, 0.717) is 11.3 Å². The molecule has 1 heterocycles. The van der Waals surface area contributed by atoms with Crippen molar-refractivity contribution in [1.29, 1.82) is 0 Å². The minimum absolute atomic E-state index is 0.132. The molecule has 0 unspecified atom stereocenters. The predicted octanol–water partition coefficient (Wildman–Crippen LogP) is 2.61. The molecule has 2 aromatic rings. The molecule has 0 bridgehead atoms. The molecule has 4 nitrogen and oxygen atoms in total. The maximum absolute atomic E-state index is 11.5. The van der Waals surface area contributed by atoms with Crippen LogP contribution in [0, 0.1) is 6.92 Å². The van der Waals surface area contributed by atoms with Gasteiger partial charge in [0.05, 0.1) is 11.4 Å². The van der Waals surface area contributed by atoms with Crippen LogP contribution in [0.5, 0.6) is 0 Å². The van der Waals surface area contributed by atoms with Crippen LogP contribution in [-0.4, -0.2) is 13.0 Å². The lowest BCUT2D eigenvalue weighted by molar-refractivity contribution is 0.0963. The van der Waals surface area contributed by atoms with E-state index in [9.17, 15) is 4.79 Å². The molecule has 100 valence electrons. The fourth-order valence-corrected chi connectivity index (χ4v) is 2.62. The highest BCUT2D eigenvalue weighted by Crippen LogP contribution is 2.22. The highest BCUT2D eigenvalue weighted by Gasteiger charge is 2.07. The lowest BCUT2D eigenvalue weighted by Crippen LogP contribution is -2.18. The topological polar surface area (TPSA) is 67.2 Å². The van der Waals surface area contributed by atoms with Crippen molar-refractivity contribution in [2.45, 2.75) is 13.5 Å². The van der Waals surface area contributed by atoms with Crippen LogP contribution in [-0.2, 0) is 6.54 Å². The fourth-order valence-electron chi connectivity index (χ4n) is 1.77. The smallest absolute Gasteiger partial charge is 0.251 e. The number of amides is 1. The first-order valence-corrected chi connectivity index (χ1v) is 6.88. The quantitative estimate of drug-likeness (QED) is 0.751. The maximum Gasteiger partial charge on any atom is 0.251 e. The summed E-state index contributed by atoms with van der Waals surface area (Å²) >= 11 is 1.72. The molecule has 5 heteroatoms. The van der Waals surface area contributed by atoms with Gasteiger partial charge in [-0.15, -0.1) is 11.3 Å². The number of carbonyl (C=O) groups is 1. The molecule has 0 fully saturated rings. The van der Waals surface area contributed by atoms with Crippen LogP contribution in [0.4, 0.5) is 11.4 Å². The molecular formula is C14H17N3OS. The Hall–Kier alpha value is -2.01. The van der Waals surface area contributed by atoms with Crippen molar-refractivity contribution in [3.05, 3.63) is 45.6 Å². The van der Waals surface area contributed by atoms with Crippen molar-refractivity contribution in [3.63, 3.8) is 0 Å². The Balaban J connectivity index is 2.09. The summed E-state index contributed by atoms with van der Waals surface area (Å²) in [6, 6.07) is 7.38. The van der Waals surface area contributed by atoms with Gasteiger partial charge in [0.15, 0.2) is 0 Å². The van der Waals surface area contributed by atoms with Crippen LogP contribution in [0.15, 0.2) is 29.6 Å². The van der Waals surface area contributed by atoms with Crippen molar-refractivity contribution >= 4 is 28.6 Å². The van der Waals surface area contributed by atoms with E-state index in [-0.39, 0.29) is 5.91 Å². The number of rotatable bonds is 4. The molecule has 1 amide bonds. The summed E-state index contributed by atoms with van der Waals surface area (Å²) in [6.07, 6.45) is 0. The van der Waals surface area contributed by atoms with Gasteiger partial charge in [0.25, 0.3) is 5.91 Å². The third kappa shape index (κ3) is 3.06. The monoisotopic (exact) mass is 275 g/mol. The van der Waals surface area contributed by atoms with Gasteiger partial charge in [-0.25, -0.2) is 0 Å². The molecule has 0 aliphatic heterocycles. The lowest BCUT2D eigenvalue weighted by atomic mass is 10.1. The molecule has 19 heavy (non-hydrogen) atoms. The summed E-state index contributed by atoms with van der Waals surface area (Å²) in [4.78, 5) is 12.8. The lowest BCUT2D eigenvalue weighted by Gasteiger charge is -2.10. The van der Waals surface area contributed by atoms with E-state index in [4.69, 9.17) is 5.73 Å². The number of aryl methyl sites for hydroxylation is 1. The first-order valence-electron chi connectivity index (χ1n) is 6.00. The van der Waals surface area contributed by atoms with Crippen molar-refractivity contribution in [1.82, 2.24) is 5.32 Å². The predicted molar refractivity (Wildman–Crippen MR) is 80.6 cm³/mol. The van der Waals surface area contributed by atoms with Crippen molar-refractivity contribution in [2.75, 3.05) is 18.1 Å². The summed E-state index contributed by atoms with van der Waals surface area (Å²) in [5.41, 5.74) is 9.22. The van der Waals surface area contributed by atoms with Crippen LogP contribution in [0.1, 0.15) is 20.8 Å². The van der Waals surface area contributed by atoms with Gasteiger partial charge in [0, 0.05) is 24.0 Å². The molecule has 0 aliphatic carbocycles. The summed E-state index contributed by atoms with van der Waals surface area (Å²) in [6.45, 7) is 2.83. The molecule has 0 aliphatic rings. The van der Waals surface area contributed by atoms with Crippen LogP contribution in [0.25, 0.3) is 0 Å². The number of hydrogen-bond acceptors (Lipinski definition) is 4. The van der Waals surface area contributed by atoms with Crippen molar-refractivity contribution < 1.29 is 4.79 Å². The normalized spacial score (nSPS) is 10.2. The summed E-state index contributed by atoms with van der Waals surface area (Å²) in [5, 5.41) is 7.94. The first kappa shape index (κ1) is 13.4. The summed E-state index contributed by atoms with van der Waals surface area (Å²) in [5.74, 6) is -0.132. The Labute approximate surface area is 116 Å². The largest absolute Gasteiger partial charge is 0.397 e. The van der Waals surface area contributed by atoms with E-state index in [1.54, 1.807) is 30.5 Å². The molecule has 2 rings (SSSR count). The van der Waals surface area contributed by atoms with Gasteiger partial charge in [0.1, 0.15) is 0 Å². The maximum atomic E-state index is 11.5. The third-order valence-electron chi connectivity index (χ3n) is 2.95. The molecule has 0 saturated heterocycles. The molecule has 0 saturated carbocycles. The fraction of sp³-hybridized carbons (Fsp3) is 0.214. The number of benzene rings is 1. The first-order chi connectivity index (χ1) is 9.11. The van der Waals surface area contributed by atoms with Crippen LogP contribution < -0.4 is 16.4 Å². The standard InChI is InChI=1S/C14H17N3OS/c1-9-5-6-19-13(9)8-17-12-4-3-10(7-11(12)15)14(18)16-2/h3-7,17H,8,15H2,1-2H3,(H,16,18). The van der Waals surface area contributed by atoms with E-state index in [0.717, 1.165) is 12.2 Å². The van der Waals surface area contributed by atoms with Crippen LogP contribution in [0.3, 0.4) is 0 Å². The van der Waals surface area contributed by atoms with Gasteiger partial charge in [-0.1, -0.05) is 0 Å². The van der Waals surface area contributed by atoms with E-state index < -0.39 is 0 Å². The zero-order chi connectivity index (χ0) is 13.8. The highest BCUT2D eigenvalue weighted by atomic mass is 32.1. The Kier molecular flexibility index (Phi) is 4.06. The van der Waals surface area contributed by atoms with Gasteiger partial charge in [0.2, 0.25) is 0 Å². The van der Waals surface area contributed by atoms with E-state index in [1.807, 2.05) is 6.07 Å². The molecule has 4 N–H and O–H groups in total. The number of hydrogen-bond donors (Lipinski definition) is 3. The average Bonchev–Trinajstić information content (AvgIpc) is 2.82. The van der Waals surface area contributed by atoms with Gasteiger partial charge in [-0.2, -0.15) is 0 Å². The summed E-state index contributed by atoms with van der Waals surface area (Å²) < 4.78 is 0. The molecule has 1 aromatic heterocycles.